The molecule has 0 saturated carbocycles. The second kappa shape index (κ2) is 7.77. The summed E-state index contributed by atoms with van der Waals surface area (Å²) in [7, 11) is 0. The topological polar surface area (TPSA) is 36.7 Å². The molecule has 0 unspecified atom stereocenters. The monoisotopic (exact) mass is 425 g/mol. The summed E-state index contributed by atoms with van der Waals surface area (Å²) in [6, 6.07) is 13.1. The number of anilines is 1. The van der Waals surface area contributed by atoms with Gasteiger partial charge in [0.05, 0.1) is 17.9 Å². The number of nitrogens with zero attached hydrogens (tertiary/aromatic N) is 5. The van der Waals surface area contributed by atoms with Gasteiger partial charge >= 0.3 is 0 Å². The number of hydrogen-bond acceptors (Lipinski definition) is 5. The van der Waals surface area contributed by atoms with Gasteiger partial charge in [-0.2, -0.15) is 0 Å². The Bertz CT molecular complexity index is 1070. The summed E-state index contributed by atoms with van der Waals surface area (Å²) in [6.45, 7) is 5.26. The molecule has 0 bridgehead atoms. The highest BCUT2D eigenvalue weighted by atomic mass is 32.1. The van der Waals surface area contributed by atoms with E-state index in [9.17, 15) is 8.78 Å². The first kappa shape index (κ1) is 19.1. The number of aromatic nitrogens is 3. The van der Waals surface area contributed by atoms with Gasteiger partial charge in [-0.15, -0.1) is 5.10 Å². The van der Waals surface area contributed by atoms with E-state index in [0.29, 0.717) is 0 Å². The van der Waals surface area contributed by atoms with Crippen LogP contribution in [-0.2, 0) is 0 Å². The van der Waals surface area contributed by atoms with Crippen LogP contribution in [0.25, 0.3) is 4.96 Å². The number of piperazine rings is 1. The van der Waals surface area contributed by atoms with Crippen molar-refractivity contribution in [3.05, 3.63) is 83.2 Å². The summed E-state index contributed by atoms with van der Waals surface area (Å²) in [5.74, 6) is -0.518. The Morgan fingerprint density at radius 2 is 1.43 bits per heavy atom. The second-order valence-electron chi connectivity index (χ2n) is 7.52. The Morgan fingerprint density at radius 3 is 1.97 bits per heavy atom. The Morgan fingerprint density at radius 1 is 0.867 bits per heavy atom. The maximum atomic E-state index is 13.5. The largest absolute Gasteiger partial charge is 0.344 e. The Balaban J connectivity index is 1.38. The standard InChI is InChI=1S/C22H21F2N5S/c1-15-14-29-21(25-15)30-22(26-29)28-12-10-27(11-13-28)20(16-2-6-18(23)7-3-16)17-4-8-19(24)9-5-17/h2-9,14,20H,10-13H2,1H3. The van der Waals surface area contributed by atoms with E-state index in [1.165, 1.54) is 24.3 Å². The van der Waals surface area contributed by atoms with Crippen molar-refractivity contribution in [3.63, 3.8) is 0 Å². The highest BCUT2D eigenvalue weighted by Crippen LogP contribution is 2.31. The van der Waals surface area contributed by atoms with Gasteiger partial charge in [-0.25, -0.2) is 18.3 Å². The maximum Gasteiger partial charge on any atom is 0.214 e. The summed E-state index contributed by atoms with van der Waals surface area (Å²) in [5.41, 5.74) is 2.96. The van der Waals surface area contributed by atoms with Crippen molar-refractivity contribution >= 4 is 21.4 Å². The van der Waals surface area contributed by atoms with Gasteiger partial charge in [0.25, 0.3) is 0 Å². The molecule has 0 radical (unpaired) electrons. The first-order valence-corrected chi connectivity index (χ1v) is 10.7. The van der Waals surface area contributed by atoms with Crippen LogP contribution in [0, 0.1) is 18.6 Å². The number of aryl methyl sites for hydroxylation is 1. The van der Waals surface area contributed by atoms with Gasteiger partial charge in [-0.3, -0.25) is 4.90 Å². The first-order valence-electron chi connectivity index (χ1n) is 9.89. The first-order chi connectivity index (χ1) is 14.6. The molecule has 4 aromatic rings. The average molecular weight is 426 g/mol. The van der Waals surface area contributed by atoms with Gasteiger partial charge in [0, 0.05) is 26.2 Å². The molecule has 1 aliphatic heterocycles. The minimum atomic E-state index is -0.259. The van der Waals surface area contributed by atoms with Crippen LogP contribution in [0.3, 0.4) is 0 Å². The Labute approximate surface area is 177 Å². The van der Waals surface area contributed by atoms with Crippen molar-refractivity contribution in [3.8, 4) is 0 Å². The fourth-order valence-electron chi connectivity index (χ4n) is 4.00. The molecule has 1 saturated heterocycles. The van der Waals surface area contributed by atoms with Gasteiger partial charge < -0.3 is 4.90 Å². The molecule has 154 valence electrons. The van der Waals surface area contributed by atoms with Crippen LogP contribution < -0.4 is 4.90 Å². The highest BCUT2D eigenvalue weighted by molar-refractivity contribution is 7.20. The zero-order valence-corrected chi connectivity index (χ0v) is 17.3. The molecule has 1 aliphatic rings. The van der Waals surface area contributed by atoms with E-state index in [1.807, 2.05) is 41.9 Å². The molecule has 2 aromatic heterocycles. The van der Waals surface area contributed by atoms with E-state index >= 15 is 0 Å². The van der Waals surface area contributed by atoms with E-state index in [0.717, 1.165) is 53.1 Å². The number of imidazole rings is 1. The van der Waals surface area contributed by atoms with Crippen LogP contribution in [-0.4, -0.2) is 45.7 Å². The third-order valence-electron chi connectivity index (χ3n) is 5.47. The number of rotatable bonds is 4. The zero-order chi connectivity index (χ0) is 20.7. The summed E-state index contributed by atoms with van der Waals surface area (Å²) < 4.78 is 28.8. The minimum Gasteiger partial charge on any atom is -0.344 e. The van der Waals surface area contributed by atoms with Crippen LogP contribution >= 0.6 is 11.3 Å². The molecule has 2 aromatic carbocycles. The van der Waals surface area contributed by atoms with Gasteiger partial charge in [0.15, 0.2) is 0 Å². The predicted octanol–water partition coefficient (Wildman–Crippen LogP) is 4.29. The van der Waals surface area contributed by atoms with Crippen molar-refractivity contribution in [2.45, 2.75) is 13.0 Å². The quantitative estimate of drug-likeness (QED) is 0.489. The van der Waals surface area contributed by atoms with Gasteiger partial charge in [-0.05, 0) is 42.3 Å². The average Bonchev–Trinajstić information content (AvgIpc) is 3.29. The molecule has 0 amide bonds. The molecular weight excluding hydrogens is 404 g/mol. The van der Waals surface area contributed by atoms with Crippen molar-refractivity contribution < 1.29 is 8.78 Å². The SMILES string of the molecule is Cc1cn2nc(N3CCN(C(c4ccc(F)cc4)c4ccc(F)cc4)CC3)sc2n1. The lowest BCUT2D eigenvalue weighted by Crippen LogP contribution is -2.48. The van der Waals surface area contributed by atoms with Crippen LogP contribution in [0.15, 0.2) is 54.7 Å². The maximum absolute atomic E-state index is 13.5. The van der Waals surface area contributed by atoms with Crippen LogP contribution in [0.4, 0.5) is 13.9 Å². The molecule has 3 heterocycles. The number of benzene rings is 2. The fraction of sp³-hybridized carbons (Fsp3) is 0.273. The lowest BCUT2D eigenvalue weighted by Gasteiger charge is -2.39. The van der Waals surface area contributed by atoms with E-state index in [1.54, 1.807) is 11.3 Å². The van der Waals surface area contributed by atoms with Crippen molar-refractivity contribution in [2.75, 3.05) is 31.1 Å². The highest BCUT2D eigenvalue weighted by Gasteiger charge is 2.28. The lowest BCUT2D eigenvalue weighted by molar-refractivity contribution is 0.212. The van der Waals surface area contributed by atoms with Crippen LogP contribution in [0.1, 0.15) is 22.9 Å². The Kier molecular flexibility index (Phi) is 4.96. The molecule has 0 aliphatic carbocycles. The molecule has 0 spiro atoms. The van der Waals surface area contributed by atoms with Gasteiger partial charge in [-0.1, -0.05) is 35.6 Å². The fourth-order valence-corrected chi connectivity index (χ4v) is 4.98. The molecule has 0 N–H and O–H groups in total. The summed E-state index contributed by atoms with van der Waals surface area (Å²) in [5, 5.41) is 5.63. The second-order valence-corrected chi connectivity index (χ2v) is 8.46. The minimum absolute atomic E-state index is 0.0513. The Hall–Kier alpha value is -2.84. The van der Waals surface area contributed by atoms with Gasteiger partial charge in [0.1, 0.15) is 11.6 Å². The zero-order valence-electron chi connectivity index (χ0n) is 16.5. The van der Waals surface area contributed by atoms with E-state index < -0.39 is 0 Å². The van der Waals surface area contributed by atoms with Gasteiger partial charge in [0.2, 0.25) is 10.1 Å². The summed E-state index contributed by atoms with van der Waals surface area (Å²) >= 11 is 1.60. The van der Waals surface area contributed by atoms with E-state index in [4.69, 9.17) is 0 Å². The number of hydrogen-bond donors (Lipinski definition) is 0. The number of halogens is 2. The molecule has 1 fully saturated rings. The van der Waals surface area contributed by atoms with Crippen molar-refractivity contribution in [2.24, 2.45) is 0 Å². The molecule has 5 rings (SSSR count). The molecule has 30 heavy (non-hydrogen) atoms. The molecular formula is C22H21F2N5S. The predicted molar refractivity (Wildman–Crippen MR) is 114 cm³/mol. The van der Waals surface area contributed by atoms with Crippen LogP contribution in [0.5, 0.6) is 0 Å². The van der Waals surface area contributed by atoms with Crippen LogP contribution in [0.2, 0.25) is 0 Å². The van der Waals surface area contributed by atoms with Crippen molar-refractivity contribution in [1.29, 1.82) is 0 Å². The summed E-state index contributed by atoms with van der Waals surface area (Å²) in [6.07, 6.45) is 1.94. The lowest BCUT2D eigenvalue weighted by atomic mass is 9.96. The summed E-state index contributed by atoms with van der Waals surface area (Å²) in [4.78, 5) is 10.0. The normalized spacial score (nSPS) is 15.4. The van der Waals surface area contributed by atoms with E-state index in [2.05, 4.69) is 19.9 Å². The molecule has 8 heteroatoms. The number of fused-ring (bicyclic) bond motifs is 1. The molecule has 0 atom stereocenters. The third-order valence-corrected chi connectivity index (χ3v) is 6.46. The third kappa shape index (κ3) is 3.68. The van der Waals surface area contributed by atoms with E-state index in [-0.39, 0.29) is 17.7 Å². The smallest absolute Gasteiger partial charge is 0.214 e. The van der Waals surface area contributed by atoms with Crippen molar-refractivity contribution in [1.82, 2.24) is 19.5 Å². The molecule has 5 nitrogen and oxygen atoms in total.